The van der Waals surface area contributed by atoms with Gasteiger partial charge in [0, 0.05) is 44.3 Å². The summed E-state index contributed by atoms with van der Waals surface area (Å²) < 4.78 is 57.3. The van der Waals surface area contributed by atoms with E-state index in [1.165, 1.54) is 43.1 Å². The van der Waals surface area contributed by atoms with Gasteiger partial charge in [-0.15, -0.1) is 0 Å². The number of amides is 1. The van der Waals surface area contributed by atoms with Gasteiger partial charge >= 0.3 is 6.09 Å². The fraction of sp³-hybridized carbons (Fsp3) is 0.562. The predicted octanol–water partition coefficient (Wildman–Crippen LogP) is 5.28. The maximum atomic E-state index is 13.9. The van der Waals surface area contributed by atoms with E-state index in [2.05, 4.69) is 15.5 Å². The van der Waals surface area contributed by atoms with Crippen molar-refractivity contribution in [3.63, 3.8) is 0 Å². The van der Waals surface area contributed by atoms with Crippen LogP contribution < -0.4 is 10.6 Å². The van der Waals surface area contributed by atoms with Crippen molar-refractivity contribution in [1.82, 2.24) is 19.5 Å². The summed E-state index contributed by atoms with van der Waals surface area (Å²) in [6.45, 7) is 5.42. The normalized spacial score (nSPS) is 18.4. The number of aromatic nitrogens is 1. The van der Waals surface area contributed by atoms with Crippen LogP contribution in [-0.2, 0) is 16.4 Å². The topological polar surface area (TPSA) is 135 Å². The highest BCUT2D eigenvalue weighted by Crippen LogP contribution is 2.32. The lowest BCUT2D eigenvalue weighted by Gasteiger charge is -2.36. The molecule has 252 valence electrons. The van der Waals surface area contributed by atoms with E-state index < -0.39 is 46.4 Å². The molecule has 0 spiro atoms. The molecule has 2 heterocycles. The molecule has 1 aliphatic carbocycles. The molecule has 5 rings (SSSR count). The molecule has 2 aliphatic rings. The maximum absolute atomic E-state index is 13.9. The van der Waals surface area contributed by atoms with Crippen LogP contribution in [0.15, 0.2) is 41.3 Å². The van der Waals surface area contributed by atoms with Gasteiger partial charge in [-0.05, 0) is 73.9 Å². The maximum Gasteiger partial charge on any atom is 0.404 e. The molecule has 1 amide bonds. The van der Waals surface area contributed by atoms with Gasteiger partial charge in [0.25, 0.3) is 0 Å². The van der Waals surface area contributed by atoms with Crippen LogP contribution >= 0.6 is 11.3 Å². The summed E-state index contributed by atoms with van der Waals surface area (Å²) in [5.41, 5.74) is 0.798. The summed E-state index contributed by atoms with van der Waals surface area (Å²) in [4.78, 5) is 18.9. The van der Waals surface area contributed by atoms with Gasteiger partial charge in [-0.2, -0.15) is 4.31 Å². The van der Waals surface area contributed by atoms with E-state index in [9.17, 15) is 32.2 Å². The number of anilines is 1. The Morgan fingerprint density at radius 1 is 1.07 bits per heavy atom. The molecule has 0 bridgehead atoms. The Labute approximate surface area is 272 Å². The summed E-state index contributed by atoms with van der Waals surface area (Å²) in [6, 6.07) is 7.31. The summed E-state index contributed by atoms with van der Waals surface area (Å²) >= 11 is 1.40. The van der Waals surface area contributed by atoms with Crippen LogP contribution in [0.4, 0.5) is 18.7 Å². The summed E-state index contributed by atoms with van der Waals surface area (Å²) in [6.07, 6.45) is 4.08. The third-order valence-electron chi connectivity index (χ3n) is 8.81. The number of sulfonamides is 1. The molecule has 0 radical (unpaired) electrons. The first-order valence-electron chi connectivity index (χ1n) is 15.9. The van der Waals surface area contributed by atoms with Crippen LogP contribution in [0.25, 0.3) is 10.2 Å². The van der Waals surface area contributed by atoms with Gasteiger partial charge in [-0.1, -0.05) is 38.0 Å². The van der Waals surface area contributed by atoms with Gasteiger partial charge in [0.15, 0.2) is 5.13 Å². The quantitative estimate of drug-likeness (QED) is 0.192. The van der Waals surface area contributed by atoms with Crippen LogP contribution in [-0.4, -0.2) is 89.3 Å². The first-order valence-corrected chi connectivity index (χ1v) is 18.2. The van der Waals surface area contributed by atoms with Gasteiger partial charge in [-0.3, -0.25) is 0 Å². The fourth-order valence-corrected chi connectivity index (χ4v) is 9.27. The molecule has 10 nitrogen and oxygen atoms in total. The number of carbonyl (C=O) groups is 1. The number of hydrogen-bond donors (Lipinski definition) is 4. The minimum Gasteiger partial charge on any atom is -0.465 e. The third kappa shape index (κ3) is 8.71. The molecule has 2 fully saturated rings. The second-order valence-corrected chi connectivity index (χ2v) is 15.8. The first kappa shape index (κ1) is 34.4. The molecular formula is C32H43F2N5O5S2. The van der Waals surface area contributed by atoms with Crippen LogP contribution in [0.2, 0.25) is 0 Å². The van der Waals surface area contributed by atoms with Gasteiger partial charge in [-0.25, -0.2) is 27.0 Å². The van der Waals surface area contributed by atoms with Crippen LogP contribution in [0.5, 0.6) is 0 Å². The number of aliphatic hydroxyl groups excluding tert-OH is 1. The van der Waals surface area contributed by atoms with Gasteiger partial charge in [0.1, 0.15) is 11.6 Å². The number of aliphatic hydroxyl groups is 1. The summed E-state index contributed by atoms with van der Waals surface area (Å²) in [5, 5.41) is 27.0. The number of rotatable bonds is 13. The highest BCUT2D eigenvalue weighted by Gasteiger charge is 2.32. The summed E-state index contributed by atoms with van der Waals surface area (Å²) in [5.74, 6) is -1.80. The molecule has 46 heavy (non-hydrogen) atoms. The lowest BCUT2D eigenvalue weighted by molar-refractivity contribution is 0.0980. The van der Waals surface area contributed by atoms with Crippen molar-refractivity contribution in [3.05, 3.63) is 53.6 Å². The van der Waals surface area contributed by atoms with Crippen molar-refractivity contribution < 1.29 is 32.2 Å². The van der Waals surface area contributed by atoms with E-state index in [0.29, 0.717) is 22.3 Å². The lowest BCUT2D eigenvalue weighted by atomic mass is 10.0. The second-order valence-electron chi connectivity index (χ2n) is 12.9. The molecule has 14 heteroatoms. The zero-order valence-corrected chi connectivity index (χ0v) is 27.8. The van der Waals surface area contributed by atoms with Crippen LogP contribution in [0.3, 0.4) is 0 Å². The summed E-state index contributed by atoms with van der Waals surface area (Å²) in [7, 11) is -4.13. The monoisotopic (exact) mass is 679 g/mol. The third-order valence-corrected chi connectivity index (χ3v) is 11.6. The van der Waals surface area contributed by atoms with Crippen molar-refractivity contribution in [2.45, 2.75) is 87.9 Å². The fourth-order valence-electron chi connectivity index (χ4n) is 6.57. The van der Waals surface area contributed by atoms with Crippen molar-refractivity contribution in [2.75, 3.05) is 31.5 Å². The Morgan fingerprint density at radius 2 is 1.74 bits per heavy atom. The number of benzene rings is 2. The van der Waals surface area contributed by atoms with Gasteiger partial charge < -0.3 is 25.7 Å². The van der Waals surface area contributed by atoms with E-state index in [-0.39, 0.29) is 29.3 Å². The van der Waals surface area contributed by atoms with E-state index in [0.717, 1.165) is 53.5 Å². The Bertz CT molecular complexity index is 1590. The van der Waals surface area contributed by atoms with Crippen LogP contribution in [0.1, 0.15) is 57.9 Å². The number of likely N-dealkylation sites (tertiary alicyclic amines) is 1. The smallest absolute Gasteiger partial charge is 0.404 e. The molecule has 1 aliphatic heterocycles. The molecule has 1 aromatic heterocycles. The molecule has 2 atom stereocenters. The van der Waals surface area contributed by atoms with Crippen molar-refractivity contribution in [3.8, 4) is 0 Å². The number of hydrogen-bond acceptors (Lipinski definition) is 8. The highest BCUT2D eigenvalue weighted by atomic mass is 32.2. The first-order chi connectivity index (χ1) is 21.9. The highest BCUT2D eigenvalue weighted by molar-refractivity contribution is 7.89. The van der Waals surface area contributed by atoms with Gasteiger partial charge in [0.2, 0.25) is 10.0 Å². The number of thiazole rings is 1. The largest absolute Gasteiger partial charge is 0.465 e. The molecule has 4 N–H and O–H groups in total. The Balaban J connectivity index is 1.30. The minimum absolute atomic E-state index is 0.0304. The van der Waals surface area contributed by atoms with E-state index in [1.54, 1.807) is 12.1 Å². The predicted molar refractivity (Wildman–Crippen MR) is 175 cm³/mol. The van der Waals surface area contributed by atoms with E-state index >= 15 is 0 Å². The van der Waals surface area contributed by atoms with Gasteiger partial charge in [0.05, 0.1) is 27.3 Å². The molecule has 0 unspecified atom stereocenters. The number of fused-ring (bicyclic) bond motifs is 1. The molecule has 1 saturated heterocycles. The Hall–Kier alpha value is -2.91. The molecule has 3 aromatic rings. The molecular weight excluding hydrogens is 637 g/mol. The number of halogens is 2. The molecule has 2 aromatic carbocycles. The number of nitrogens with one attached hydrogen (secondary N) is 2. The average molecular weight is 680 g/mol. The minimum atomic E-state index is -4.13. The number of piperidine rings is 1. The van der Waals surface area contributed by atoms with Crippen LogP contribution in [0, 0.1) is 17.6 Å². The lowest BCUT2D eigenvalue weighted by Crippen LogP contribution is -2.50. The number of nitrogens with zero attached hydrogens (tertiary/aromatic N) is 3. The van der Waals surface area contributed by atoms with E-state index in [1.807, 2.05) is 13.8 Å². The average Bonchev–Trinajstić information content (AvgIpc) is 3.66. The van der Waals surface area contributed by atoms with E-state index in [4.69, 9.17) is 4.98 Å². The number of carboxylic acid groups (broad SMARTS) is 1. The Morgan fingerprint density at radius 3 is 2.37 bits per heavy atom. The van der Waals surface area contributed by atoms with Crippen molar-refractivity contribution in [2.24, 2.45) is 5.92 Å². The second kappa shape index (κ2) is 14.9. The van der Waals surface area contributed by atoms with Crippen molar-refractivity contribution in [1.29, 1.82) is 0 Å². The zero-order valence-electron chi connectivity index (χ0n) is 26.2. The molecule has 1 saturated carbocycles. The Kier molecular flexibility index (Phi) is 11.1. The SMILES string of the molecule is CC(C)CN(C[C@@H](O)[C@H](Cc1cc(F)cc(F)c1)NC(=O)O)S(=O)(=O)c1ccc2nc(NC3CCN(C4CCCC4)CC3)sc2c1. The van der Waals surface area contributed by atoms with Crippen molar-refractivity contribution >= 4 is 42.8 Å². The zero-order chi connectivity index (χ0) is 33.0. The standard InChI is InChI=1S/C32H43F2N5O5S2/c1-20(2)18-39(19-29(40)28(37-32(41)42)15-21-13-22(33)16-23(34)14-21)46(43,44)26-7-8-27-30(17-26)45-31(36-27)35-24-9-11-38(12-10-24)25-5-3-4-6-25/h7-8,13-14,16-17,20,24-25,28-29,37,40H,3-6,9-12,15,18-19H2,1-2H3,(H,35,36)(H,41,42)/t28-,29+/m0/s1.